The molecule has 0 saturated heterocycles. The van der Waals surface area contributed by atoms with Gasteiger partial charge in [0.15, 0.2) is 5.75 Å². The van der Waals surface area contributed by atoms with E-state index < -0.39 is 0 Å². The molecule has 1 aromatic heterocycles. The van der Waals surface area contributed by atoms with Crippen molar-refractivity contribution in [1.82, 2.24) is 9.78 Å². The number of benzene rings is 4. The summed E-state index contributed by atoms with van der Waals surface area (Å²) in [6, 6.07) is 33.5. The second kappa shape index (κ2) is 9.42. The maximum atomic E-state index is 12.8. The minimum atomic E-state index is -0.381. The molecule has 1 amide bonds. The molecule has 0 aliphatic carbocycles. The van der Waals surface area contributed by atoms with Crippen LogP contribution in [-0.4, -0.2) is 15.7 Å². The molecule has 4 aromatic carbocycles. The second-order valence-corrected chi connectivity index (χ2v) is 7.70. The van der Waals surface area contributed by atoms with Gasteiger partial charge in [-0.2, -0.15) is 5.10 Å². The van der Waals surface area contributed by atoms with E-state index in [-0.39, 0.29) is 18.0 Å². The number of carbonyl (C=O) groups excluding carboxylic acids is 1. The molecule has 0 aliphatic rings. The summed E-state index contributed by atoms with van der Waals surface area (Å²) < 4.78 is 7.08. The van der Waals surface area contributed by atoms with E-state index in [0.29, 0.717) is 22.9 Å². The fourth-order valence-electron chi connectivity index (χ4n) is 3.75. The van der Waals surface area contributed by atoms with Crippen molar-refractivity contribution in [2.45, 2.75) is 6.54 Å². The molecular formula is C28H21N3O3. The zero-order chi connectivity index (χ0) is 23.3. The summed E-state index contributed by atoms with van der Waals surface area (Å²) in [7, 11) is 0. The van der Waals surface area contributed by atoms with Gasteiger partial charge in [0.1, 0.15) is 12.3 Å². The lowest BCUT2D eigenvalue weighted by molar-refractivity contribution is -0.117. The summed E-state index contributed by atoms with van der Waals surface area (Å²) in [5.74, 6) is 0.783. The molecule has 0 radical (unpaired) electrons. The van der Waals surface area contributed by atoms with Crippen LogP contribution < -0.4 is 15.6 Å². The molecular weight excluding hydrogens is 426 g/mol. The van der Waals surface area contributed by atoms with Crippen molar-refractivity contribution < 1.29 is 9.53 Å². The van der Waals surface area contributed by atoms with Gasteiger partial charge in [-0.05, 0) is 41.1 Å². The van der Waals surface area contributed by atoms with E-state index in [0.717, 1.165) is 16.3 Å². The van der Waals surface area contributed by atoms with Gasteiger partial charge in [-0.1, -0.05) is 72.8 Å². The summed E-state index contributed by atoms with van der Waals surface area (Å²) >= 11 is 0. The molecule has 166 valence electrons. The van der Waals surface area contributed by atoms with Gasteiger partial charge in [0.2, 0.25) is 5.91 Å². The van der Waals surface area contributed by atoms with Crippen LogP contribution >= 0.6 is 0 Å². The Hall–Kier alpha value is -4.71. The van der Waals surface area contributed by atoms with Crippen LogP contribution in [0.15, 0.2) is 114 Å². The largest absolute Gasteiger partial charge is 0.455 e. The summed E-state index contributed by atoms with van der Waals surface area (Å²) in [5, 5.41) is 9.41. The minimum Gasteiger partial charge on any atom is -0.455 e. The van der Waals surface area contributed by atoms with Crippen LogP contribution in [0.3, 0.4) is 0 Å². The fraction of sp³-hybridized carbons (Fsp3) is 0.0357. The third-order valence-electron chi connectivity index (χ3n) is 5.36. The number of aromatic nitrogens is 2. The van der Waals surface area contributed by atoms with Crippen LogP contribution in [-0.2, 0) is 11.3 Å². The molecule has 1 heterocycles. The Morgan fingerprint density at radius 1 is 0.794 bits per heavy atom. The van der Waals surface area contributed by atoms with Gasteiger partial charge in [-0.15, -0.1) is 0 Å². The Balaban J connectivity index is 1.39. The SMILES string of the molecule is O=C(Cn1nc(-c2cccc3ccccc23)ccc1=O)Nc1ccccc1Oc1ccccc1. The average Bonchev–Trinajstić information content (AvgIpc) is 2.87. The van der Waals surface area contributed by atoms with Gasteiger partial charge in [0.25, 0.3) is 5.56 Å². The van der Waals surface area contributed by atoms with Crippen LogP contribution in [0.5, 0.6) is 11.5 Å². The molecule has 34 heavy (non-hydrogen) atoms. The number of hydrogen-bond acceptors (Lipinski definition) is 4. The Labute approximate surface area is 196 Å². The molecule has 5 aromatic rings. The maximum Gasteiger partial charge on any atom is 0.267 e. The predicted molar refractivity (Wildman–Crippen MR) is 133 cm³/mol. The first kappa shape index (κ1) is 21.2. The maximum absolute atomic E-state index is 12.8. The average molecular weight is 447 g/mol. The van der Waals surface area contributed by atoms with Gasteiger partial charge in [0.05, 0.1) is 11.4 Å². The number of nitrogens with zero attached hydrogens (tertiary/aromatic N) is 2. The number of ether oxygens (including phenoxy) is 1. The fourth-order valence-corrected chi connectivity index (χ4v) is 3.75. The number of carbonyl (C=O) groups is 1. The number of fused-ring (bicyclic) bond motifs is 1. The number of anilines is 1. The molecule has 0 spiro atoms. The summed E-state index contributed by atoms with van der Waals surface area (Å²) in [6.45, 7) is -0.225. The van der Waals surface area contributed by atoms with Crippen molar-refractivity contribution in [1.29, 1.82) is 0 Å². The zero-order valence-corrected chi connectivity index (χ0v) is 18.2. The highest BCUT2D eigenvalue weighted by Gasteiger charge is 2.12. The van der Waals surface area contributed by atoms with Crippen LogP contribution in [0.25, 0.3) is 22.0 Å². The normalized spacial score (nSPS) is 10.7. The number of rotatable bonds is 6. The molecule has 1 N–H and O–H groups in total. The highest BCUT2D eigenvalue weighted by molar-refractivity contribution is 5.95. The van der Waals surface area contributed by atoms with Crippen molar-refractivity contribution in [2.24, 2.45) is 0 Å². The van der Waals surface area contributed by atoms with E-state index >= 15 is 0 Å². The van der Waals surface area contributed by atoms with E-state index in [2.05, 4.69) is 10.4 Å². The number of amides is 1. The van der Waals surface area contributed by atoms with Crippen molar-refractivity contribution in [3.05, 3.63) is 120 Å². The quantitative estimate of drug-likeness (QED) is 0.373. The number of nitrogens with one attached hydrogen (secondary N) is 1. The van der Waals surface area contributed by atoms with Crippen LogP contribution in [0.4, 0.5) is 5.69 Å². The monoisotopic (exact) mass is 447 g/mol. The minimum absolute atomic E-state index is 0.225. The predicted octanol–water partition coefficient (Wildman–Crippen LogP) is 5.49. The Morgan fingerprint density at radius 3 is 2.41 bits per heavy atom. The molecule has 6 heteroatoms. The summed E-state index contributed by atoms with van der Waals surface area (Å²) in [4.78, 5) is 25.3. The van der Waals surface area contributed by atoms with Gasteiger partial charge < -0.3 is 10.1 Å². The lowest BCUT2D eigenvalue weighted by Crippen LogP contribution is -2.29. The Bertz CT molecular complexity index is 1520. The second-order valence-electron chi connectivity index (χ2n) is 7.70. The van der Waals surface area contributed by atoms with E-state index in [1.807, 2.05) is 78.9 Å². The number of hydrogen-bond donors (Lipinski definition) is 1. The molecule has 0 unspecified atom stereocenters. The highest BCUT2D eigenvalue weighted by atomic mass is 16.5. The van der Waals surface area contributed by atoms with Crippen molar-refractivity contribution >= 4 is 22.4 Å². The van der Waals surface area contributed by atoms with Gasteiger partial charge in [-0.3, -0.25) is 9.59 Å². The topological polar surface area (TPSA) is 73.2 Å². The molecule has 0 atom stereocenters. The van der Waals surface area contributed by atoms with E-state index in [1.54, 1.807) is 24.3 Å². The van der Waals surface area contributed by atoms with Gasteiger partial charge in [-0.25, -0.2) is 4.68 Å². The van der Waals surface area contributed by atoms with E-state index in [4.69, 9.17) is 4.74 Å². The third-order valence-corrected chi connectivity index (χ3v) is 5.36. The van der Waals surface area contributed by atoms with E-state index in [9.17, 15) is 9.59 Å². The molecule has 0 aliphatic heterocycles. The highest BCUT2D eigenvalue weighted by Crippen LogP contribution is 2.29. The Kier molecular flexibility index (Phi) is 5.86. The summed E-state index contributed by atoms with van der Waals surface area (Å²) in [6.07, 6.45) is 0. The first-order valence-electron chi connectivity index (χ1n) is 10.9. The van der Waals surface area contributed by atoms with Crippen LogP contribution in [0, 0.1) is 0 Å². The molecule has 0 saturated carbocycles. The van der Waals surface area contributed by atoms with Gasteiger partial charge in [0, 0.05) is 11.6 Å². The number of para-hydroxylation sites is 3. The molecule has 0 bridgehead atoms. The lowest BCUT2D eigenvalue weighted by Gasteiger charge is -2.13. The Morgan fingerprint density at radius 2 is 1.53 bits per heavy atom. The van der Waals surface area contributed by atoms with Crippen LogP contribution in [0.1, 0.15) is 0 Å². The smallest absolute Gasteiger partial charge is 0.267 e. The van der Waals surface area contributed by atoms with Crippen molar-refractivity contribution in [3.63, 3.8) is 0 Å². The van der Waals surface area contributed by atoms with Crippen molar-refractivity contribution in [3.8, 4) is 22.8 Å². The van der Waals surface area contributed by atoms with Crippen molar-refractivity contribution in [2.75, 3.05) is 5.32 Å². The van der Waals surface area contributed by atoms with Crippen LogP contribution in [0.2, 0.25) is 0 Å². The van der Waals surface area contributed by atoms with Gasteiger partial charge >= 0.3 is 0 Å². The first-order chi connectivity index (χ1) is 16.7. The standard InChI is InChI=1S/C28H21N3O3/c32-27(29-25-15-6-7-16-26(25)34-21-11-2-1-3-12-21)19-31-28(33)18-17-24(30-31)23-14-8-10-20-9-4-5-13-22(20)23/h1-18H,19H2,(H,29,32). The van der Waals surface area contributed by atoms with E-state index in [1.165, 1.54) is 10.7 Å². The molecule has 5 rings (SSSR count). The first-order valence-corrected chi connectivity index (χ1v) is 10.9. The molecule has 0 fully saturated rings. The zero-order valence-electron chi connectivity index (χ0n) is 18.2. The third kappa shape index (κ3) is 4.56. The lowest BCUT2D eigenvalue weighted by atomic mass is 10.0. The molecule has 6 nitrogen and oxygen atoms in total. The summed E-state index contributed by atoms with van der Waals surface area (Å²) in [5.41, 5.74) is 1.67.